The molecule has 0 unspecified atom stereocenters. The molecule has 0 aromatic heterocycles. The van der Waals surface area contributed by atoms with Crippen molar-refractivity contribution in [2.24, 2.45) is 0 Å². The summed E-state index contributed by atoms with van der Waals surface area (Å²) in [6, 6.07) is 8.31. The molecule has 2 atom stereocenters. The van der Waals surface area contributed by atoms with Gasteiger partial charge in [0.05, 0.1) is 6.10 Å². The van der Waals surface area contributed by atoms with Gasteiger partial charge in [0.25, 0.3) is 0 Å². The molecular formula is C13H20N2O. The Bertz CT molecular complexity index is 334. The minimum absolute atomic E-state index is 0.240. The van der Waals surface area contributed by atoms with Crippen molar-refractivity contribution in [3.05, 3.63) is 29.8 Å². The van der Waals surface area contributed by atoms with Crippen LogP contribution in [0.3, 0.4) is 0 Å². The number of nitrogen functional groups attached to an aromatic ring is 1. The quantitative estimate of drug-likeness (QED) is 0.761. The number of nitrogens with two attached hydrogens (primary N) is 1. The molecule has 1 saturated heterocycles. The van der Waals surface area contributed by atoms with E-state index in [2.05, 4.69) is 17.0 Å². The molecule has 2 rings (SSSR count). The van der Waals surface area contributed by atoms with Crippen molar-refractivity contribution in [2.75, 3.05) is 12.3 Å². The zero-order chi connectivity index (χ0) is 11.5. The van der Waals surface area contributed by atoms with Gasteiger partial charge in [-0.05, 0) is 44.0 Å². The van der Waals surface area contributed by atoms with Gasteiger partial charge >= 0.3 is 0 Å². The lowest BCUT2D eigenvalue weighted by molar-refractivity contribution is 0.0828. The highest BCUT2D eigenvalue weighted by Crippen LogP contribution is 2.22. The average Bonchev–Trinajstić information content (AvgIpc) is 2.69. The summed E-state index contributed by atoms with van der Waals surface area (Å²) in [5.74, 6) is 0. The van der Waals surface area contributed by atoms with E-state index in [9.17, 15) is 5.11 Å². The van der Waals surface area contributed by atoms with Crippen LogP contribution in [0.25, 0.3) is 0 Å². The van der Waals surface area contributed by atoms with Crippen molar-refractivity contribution in [1.82, 2.24) is 4.90 Å². The third-order valence-corrected chi connectivity index (χ3v) is 3.34. The van der Waals surface area contributed by atoms with E-state index < -0.39 is 0 Å². The van der Waals surface area contributed by atoms with Gasteiger partial charge in [-0.3, -0.25) is 4.90 Å². The van der Waals surface area contributed by atoms with E-state index in [0.717, 1.165) is 25.2 Å². The lowest BCUT2D eigenvalue weighted by atomic mass is 10.1. The van der Waals surface area contributed by atoms with Crippen LogP contribution in [-0.4, -0.2) is 28.7 Å². The smallest absolute Gasteiger partial charge is 0.0667 e. The highest BCUT2D eigenvalue weighted by molar-refractivity contribution is 5.39. The van der Waals surface area contributed by atoms with Crippen LogP contribution in [0.15, 0.2) is 24.3 Å². The van der Waals surface area contributed by atoms with Crippen LogP contribution in [0, 0.1) is 0 Å². The molecule has 3 N–H and O–H groups in total. The van der Waals surface area contributed by atoms with Crippen molar-refractivity contribution in [1.29, 1.82) is 0 Å². The first-order valence-electron chi connectivity index (χ1n) is 5.93. The SMILES string of the molecule is C[C@H](O)[C@@H]1CCCN1Cc1ccc(N)cc1. The molecule has 0 radical (unpaired) electrons. The second-order valence-electron chi connectivity index (χ2n) is 4.66. The summed E-state index contributed by atoms with van der Waals surface area (Å²) in [6.45, 7) is 3.88. The molecule has 88 valence electrons. The van der Waals surface area contributed by atoms with Crippen LogP contribution in [0.2, 0.25) is 0 Å². The molecule has 0 spiro atoms. The average molecular weight is 220 g/mol. The summed E-state index contributed by atoms with van der Waals surface area (Å²) in [5.41, 5.74) is 7.73. The first-order valence-corrected chi connectivity index (χ1v) is 5.93. The third-order valence-electron chi connectivity index (χ3n) is 3.34. The molecule has 1 aromatic rings. The summed E-state index contributed by atoms with van der Waals surface area (Å²) in [6.07, 6.45) is 2.05. The van der Waals surface area contributed by atoms with E-state index in [4.69, 9.17) is 5.73 Å². The fourth-order valence-electron chi connectivity index (χ4n) is 2.45. The Labute approximate surface area is 96.9 Å². The fourth-order valence-corrected chi connectivity index (χ4v) is 2.45. The van der Waals surface area contributed by atoms with Gasteiger partial charge in [0, 0.05) is 18.3 Å². The van der Waals surface area contributed by atoms with Crippen LogP contribution < -0.4 is 5.73 Å². The Morgan fingerprint density at radius 3 is 2.75 bits per heavy atom. The Morgan fingerprint density at radius 2 is 2.12 bits per heavy atom. The standard InChI is InChI=1S/C13H20N2O/c1-10(16)13-3-2-8-15(13)9-11-4-6-12(14)7-5-11/h4-7,10,13,16H,2-3,8-9,14H2,1H3/t10-,13-/m0/s1. The Kier molecular flexibility index (Phi) is 3.46. The molecule has 0 aliphatic carbocycles. The van der Waals surface area contributed by atoms with Crippen molar-refractivity contribution in [3.63, 3.8) is 0 Å². The highest BCUT2D eigenvalue weighted by atomic mass is 16.3. The number of nitrogens with zero attached hydrogens (tertiary/aromatic N) is 1. The van der Waals surface area contributed by atoms with Gasteiger partial charge in [0.1, 0.15) is 0 Å². The minimum Gasteiger partial charge on any atom is -0.399 e. The predicted molar refractivity (Wildman–Crippen MR) is 66.0 cm³/mol. The van der Waals surface area contributed by atoms with Crippen LogP contribution in [0.4, 0.5) is 5.69 Å². The van der Waals surface area contributed by atoms with E-state index >= 15 is 0 Å². The van der Waals surface area contributed by atoms with Crippen LogP contribution in [-0.2, 0) is 6.54 Å². The maximum absolute atomic E-state index is 9.68. The number of likely N-dealkylation sites (tertiary alicyclic amines) is 1. The Morgan fingerprint density at radius 1 is 1.44 bits per heavy atom. The zero-order valence-corrected chi connectivity index (χ0v) is 9.76. The number of hydrogen-bond acceptors (Lipinski definition) is 3. The Hall–Kier alpha value is -1.06. The molecule has 0 saturated carbocycles. The zero-order valence-electron chi connectivity index (χ0n) is 9.76. The van der Waals surface area contributed by atoms with E-state index in [1.54, 1.807) is 0 Å². The molecule has 1 aliphatic heterocycles. The fraction of sp³-hybridized carbons (Fsp3) is 0.538. The third kappa shape index (κ3) is 2.54. The first kappa shape index (κ1) is 11.4. The number of hydrogen-bond donors (Lipinski definition) is 2. The topological polar surface area (TPSA) is 49.5 Å². The summed E-state index contributed by atoms with van der Waals surface area (Å²) in [4.78, 5) is 2.36. The van der Waals surface area contributed by atoms with Gasteiger partial charge in [-0.2, -0.15) is 0 Å². The summed E-state index contributed by atoms with van der Waals surface area (Å²) < 4.78 is 0. The molecule has 0 amide bonds. The van der Waals surface area contributed by atoms with Crippen LogP contribution >= 0.6 is 0 Å². The molecule has 1 heterocycles. The highest BCUT2D eigenvalue weighted by Gasteiger charge is 2.27. The van der Waals surface area contributed by atoms with Crippen molar-refractivity contribution < 1.29 is 5.11 Å². The largest absolute Gasteiger partial charge is 0.399 e. The van der Waals surface area contributed by atoms with Crippen molar-refractivity contribution >= 4 is 5.69 Å². The van der Waals surface area contributed by atoms with E-state index in [1.165, 1.54) is 12.0 Å². The number of benzene rings is 1. The normalized spacial score (nSPS) is 23.5. The predicted octanol–water partition coefficient (Wildman–Crippen LogP) is 1.61. The summed E-state index contributed by atoms with van der Waals surface area (Å²) in [7, 11) is 0. The minimum atomic E-state index is -0.240. The van der Waals surface area contributed by atoms with Gasteiger partial charge in [-0.25, -0.2) is 0 Å². The molecule has 1 fully saturated rings. The lowest BCUT2D eigenvalue weighted by Gasteiger charge is -2.26. The maximum atomic E-state index is 9.68. The van der Waals surface area contributed by atoms with Crippen molar-refractivity contribution in [3.8, 4) is 0 Å². The number of aliphatic hydroxyl groups is 1. The Balaban J connectivity index is 2.01. The lowest BCUT2D eigenvalue weighted by Crippen LogP contribution is -2.36. The molecule has 1 aromatic carbocycles. The van der Waals surface area contributed by atoms with Gasteiger partial charge < -0.3 is 10.8 Å². The molecule has 3 nitrogen and oxygen atoms in total. The molecule has 1 aliphatic rings. The van der Waals surface area contributed by atoms with Gasteiger partial charge in [0.2, 0.25) is 0 Å². The van der Waals surface area contributed by atoms with Crippen LogP contribution in [0.5, 0.6) is 0 Å². The second kappa shape index (κ2) is 4.85. The van der Waals surface area contributed by atoms with E-state index in [0.29, 0.717) is 6.04 Å². The van der Waals surface area contributed by atoms with Crippen LogP contribution in [0.1, 0.15) is 25.3 Å². The first-order chi connectivity index (χ1) is 7.66. The van der Waals surface area contributed by atoms with E-state index in [-0.39, 0.29) is 6.10 Å². The second-order valence-corrected chi connectivity index (χ2v) is 4.66. The molecular weight excluding hydrogens is 200 g/mol. The maximum Gasteiger partial charge on any atom is 0.0667 e. The molecule has 16 heavy (non-hydrogen) atoms. The molecule has 0 bridgehead atoms. The van der Waals surface area contributed by atoms with Gasteiger partial charge in [-0.15, -0.1) is 0 Å². The van der Waals surface area contributed by atoms with E-state index in [1.807, 2.05) is 19.1 Å². The van der Waals surface area contributed by atoms with Gasteiger partial charge in [0.15, 0.2) is 0 Å². The number of anilines is 1. The summed E-state index contributed by atoms with van der Waals surface area (Å²) >= 11 is 0. The number of rotatable bonds is 3. The monoisotopic (exact) mass is 220 g/mol. The number of aliphatic hydroxyl groups excluding tert-OH is 1. The summed E-state index contributed by atoms with van der Waals surface area (Å²) in [5, 5.41) is 9.68. The molecule has 3 heteroatoms. The van der Waals surface area contributed by atoms with Gasteiger partial charge in [-0.1, -0.05) is 12.1 Å². The van der Waals surface area contributed by atoms with Crippen molar-refractivity contribution in [2.45, 2.75) is 38.5 Å².